The molecule has 6 heteroatoms. The lowest BCUT2D eigenvalue weighted by Crippen LogP contribution is -2.16. The summed E-state index contributed by atoms with van der Waals surface area (Å²) in [6, 6.07) is 22.1. The zero-order chi connectivity index (χ0) is 21.5. The number of nitrogens with two attached hydrogens (primary N) is 2. The lowest BCUT2D eigenvalue weighted by molar-refractivity contribution is 0.673. The van der Waals surface area contributed by atoms with E-state index in [1.807, 2.05) is 60.8 Å². The van der Waals surface area contributed by atoms with E-state index in [1.165, 1.54) is 0 Å². The molecule has 2 heterocycles. The lowest BCUT2D eigenvalue weighted by atomic mass is 10.00. The molecule has 1 atom stereocenters. The third-order valence-electron chi connectivity index (χ3n) is 5.18. The molecule has 0 spiro atoms. The van der Waals surface area contributed by atoms with E-state index in [1.54, 1.807) is 12.4 Å². The molecule has 0 aliphatic carbocycles. The van der Waals surface area contributed by atoms with Crippen LogP contribution < -0.4 is 16.8 Å². The van der Waals surface area contributed by atoms with Crippen LogP contribution in [-0.2, 0) is 6.54 Å². The molecule has 2 aromatic carbocycles. The fourth-order valence-corrected chi connectivity index (χ4v) is 3.48. The van der Waals surface area contributed by atoms with Gasteiger partial charge in [0.25, 0.3) is 0 Å². The van der Waals surface area contributed by atoms with Crippen LogP contribution in [0, 0.1) is 0 Å². The summed E-state index contributed by atoms with van der Waals surface area (Å²) in [4.78, 5) is 13.5. The summed E-state index contributed by atoms with van der Waals surface area (Å²) in [6.45, 7) is 1.16. The minimum Gasteiger partial charge on any atom is -0.354 e. The Hall–Kier alpha value is -3.61. The van der Waals surface area contributed by atoms with Crippen LogP contribution >= 0.6 is 0 Å². The van der Waals surface area contributed by atoms with Crippen LogP contribution in [0.4, 0.5) is 5.95 Å². The van der Waals surface area contributed by atoms with Gasteiger partial charge in [-0.25, -0.2) is 9.97 Å². The Bertz CT molecular complexity index is 1120. The molecule has 0 saturated carbocycles. The molecule has 2 aromatic heterocycles. The third kappa shape index (κ3) is 5.12. The highest BCUT2D eigenvalue weighted by Gasteiger charge is 2.13. The summed E-state index contributed by atoms with van der Waals surface area (Å²) < 4.78 is 0. The molecule has 5 N–H and O–H groups in total. The molecule has 1 unspecified atom stereocenters. The highest BCUT2D eigenvalue weighted by molar-refractivity contribution is 5.80. The Morgan fingerprint density at radius 2 is 1.71 bits per heavy atom. The highest BCUT2D eigenvalue weighted by Crippen LogP contribution is 2.31. The molecule has 0 saturated heterocycles. The smallest absolute Gasteiger partial charge is 0.223 e. The van der Waals surface area contributed by atoms with Crippen LogP contribution in [0.3, 0.4) is 0 Å². The molecule has 4 rings (SSSR count). The lowest BCUT2D eigenvalue weighted by Gasteiger charge is -2.14. The van der Waals surface area contributed by atoms with Crippen molar-refractivity contribution < 1.29 is 0 Å². The van der Waals surface area contributed by atoms with Crippen molar-refractivity contribution in [3.8, 4) is 22.4 Å². The first-order chi connectivity index (χ1) is 15.2. The van der Waals surface area contributed by atoms with Crippen molar-refractivity contribution in [2.24, 2.45) is 11.5 Å². The number of rotatable bonds is 8. The third-order valence-corrected chi connectivity index (χ3v) is 5.18. The van der Waals surface area contributed by atoms with E-state index in [0.717, 1.165) is 39.9 Å². The second-order valence-corrected chi connectivity index (χ2v) is 7.33. The summed E-state index contributed by atoms with van der Waals surface area (Å²) in [5.41, 5.74) is 18.1. The molecule has 0 aliphatic heterocycles. The molecule has 0 fully saturated rings. The van der Waals surface area contributed by atoms with Crippen molar-refractivity contribution in [1.82, 2.24) is 15.0 Å². The van der Waals surface area contributed by atoms with Crippen molar-refractivity contribution >= 4 is 5.95 Å². The minimum absolute atomic E-state index is 0.0355. The monoisotopic (exact) mass is 410 g/mol. The van der Waals surface area contributed by atoms with E-state index in [9.17, 15) is 0 Å². The van der Waals surface area contributed by atoms with E-state index < -0.39 is 0 Å². The second kappa shape index (κ2) is 9.93. The molecule has 6 nitrogen and oxygen atoms in total. The maximum atomic E-state index is 6.31. The number of nitrogens with zero attached hydrogens (tertiary/aromatic N) is 3. The summed E-state index contributed by atoms with van der Waals surface area (Å²) in [5, 5.41) is 3.32. The van der Waals surface area contributed by atoms with Crippen LogP contribution in [0.15, 0.2) is 85.3 Å². The van der Waals surface area contributed by atoms with Crippen molar-refractivity contribution in [3.05, 3.63) is 96.4 Å². The molecular weight excluding hydrogens is 384 g/mol. The number of aromatic nitrogens is 3. The zero-order valence-electron chi connectivity index (χ0n) is 17.3. The van der Waals surface area contributed by atoms with Gasteiger partial charge in [0.1, 0.15) is 0 Å². The van der Waals surface area contributed by atoms with Gasteiger partial charge in [0.05, 0.1) is 5.69 Å². The number of hydrogen-bond donors (Lipinski definition) is 3. The van der Waals surface area contributed by atoms with Gasteiger partial charge >= 0.3 is 0 Å². The van der Waals surface area contributed by atoms with E-state index in [2.05, 4.69) is 27.4 Å². The first-order valence-corrected chi connectivity index (χ1v) is 10.4. The molecular formula is C25H26N6. The van der Waals surface area contributed by atoms with Gasteiger partial charge in [-0.05, 0) is 41.3 Å². The molecule has 0 aliphatic rings. The first-order valence-electron chi connectivity index (χ1n) is 10.4. The zero-order valence-corrected chi connectivity index (χ0v) is 17.3. The predicted molar refractivity (Wildman–Crippen MR) is 125 cm³/mol. The molecule has 0 amide bonds. The topological polar surface area (TPSA) is 103 Å². The Kier molecular flexibility index (Phi) is 6.62. The maximum absolute atomic E-state index is 6.31. The van der Waals surface area contributed by atoms with Crippen LogP contribution in [0.5, 0.6) is 0 Å². The molecule has 0 radical (unpaired) electrons. The number of hydrogen-bond acceptors (Lipinski definition) is 6. The van der Waals surface area contributed by atoms with Crippen molar-refractivity contribution in [3.63, 3.8) is 0 Å². The molecule has 0 bridgehead atoms. The number of benzene rings is 2. The summed E-state index contributed by atoms with van der Waals surface area (Å²) >= 11 is 0. The van der Waals surface area contributed by atoms with E-state index in [-0.39, 0.29) is 6.04 Å². The summed E-state index contributed by atoms with van der Waals surface area (Å²) in [5.74, 6) is 0.575. The van der Waals surface area contributed by atoms with Gasteiger partial charge in [0.15, 0.2) is 0 Å². The standard InChI is InChI=1S/C25H26N6/c26-16-18-5-4-8-21(15-18)22-17-30-25(31-24(22)20-9-12-28-13-10-20)29-14-11-23(27)19-6-2-1-3-7-19/h1-10,12-13,15,17,23H,11,14,16,26-27H2,(H,29,30,31). The first kappa shape index (κ1) is 20.7. The highest BCUT2D eigenvalue weighted by atomic mass is 15.1. The average molecular weight is 411 g/mol. The van der Waals surface area contributed by atoms with Crippen LogP contribution in [0.1, 0.15) is 23.6 Å². The van der Waals surface area contributed by atoms with Gasteiger partial charge in [-0.1, -0.05) is 48.5 Å². The maximum Gasteiger partial charge on any atom is 0.223 e. The normalized spacial score (nSPS) is 11.8. The van der Waals surface area contributed by atoms with Gasteiger partial charge < -0.3 is 16.8 Å². The Morgan fingerprint density at radius 1 is 0.903 bits per heavy atom. The van der Waals surface area contributed by atoms with Crippen molar-refractivity contribution in [2.75, 3.05) is 11.9 Å². The van der Waals surface area contributed by atoms with Crippen molar-refractivity contribution in [2.45, 2.75) is 19.0 Å². The molecule has 156 valence electrons. The fraction of sp³-hybridized carbons (Fsp3) is 0.160. The summed E-state index contributed by atoms with van der Waals surface area (Å²) in [6.07, 6.45) is 6.17. The van der Waals surface area contributed by atoms with E-state index >= 15 is 0 Å². The SMILES string of the molecule is NCc1cccc(-c2cnc(NCCC(N)c3ccccc3)nc2-c2ccncc2)c1. The van der Waals surface area contributed by atoms with Gasteiger partial charge in [-0.3, -0.25) is 4.98 Å². The number of nitrogens with one attached hydrogen (secondary N) is 1. The average Bonchev–Trinajstić information content (AvgIpc) is 2.85. The number of pyridine rings is 1. The Labute approximate surface area is 182 Å². The number of anilines is 1. The molecule has 4 aromatic rings. The quantitative estimate of drug-likeness (QED) is 0.403. The Morgan fingerprint density at radius 3 is 2.48 bits per heavy atom. The molecule has 31 heavy (non-hydrogen) atoms. The van der Waals surface area contributed by atoms with Crippen LogP contribution in [-0.4, -0.2) is 21.5 Å². The van der Waals surface area contributed by atoms with E-state index in [4.69, 9.17) is 16.5 Å². The van der Waals surface area contributed by atoms with Gasteiger partial charge in [0.2, 0.25) is 5.95 Å². The second-order valence-electron chi connectivity index (χ2n) is 7.33. The van der Waals surface area contributed by atoms with Crippen molar-refractivity contribution in [1.29, 1.82) is 0 Å². The minimum atomic E-state index is -0.0355. The predicted octanol–water partition coefficient (Wildman–Crippen LogP) is 4.17. The van der Waals surface area contributed by atoms with E-state index in [0.29, 0.717) is 19.0 Å². The van der Waals surface area contributed by atoms with Crippen LogP contribution in [0.25, 0.3) is 22.4 Å². The van der Waals surface area contributed by atoms with Gasteiger partial charge in [-0.15, -0.1) is 0 Å². The Balaban J connectivity index is 1.57. The largest absolute Gasteiger partial charge is 0.354 e. The van der Waals surface area contributed by atoms with Gasteiger partial charge in [-0.2, -0.15) is 0 Å². The summed E-state index contributed by atoms with van der Waals surface area (Å²) in [7, 11) is 0. The van der Waals surface area contributed by atoms with Crippen LogP contribution in [0.2, 0.25) is 0 Å². The fourth-order valence-electron chi connectivity index (χ4n) is 3.48. The van der Waals surface area contributed by atoms with Gasteiger partial charge in [0, 0.05) is 48.8 Å².